The van der Waals surface area contributed by atoms with E-state index in [0.717, 1.165) is 52.9 Å². The van der Waals surface area contributed by atoms with Crippen LogP contribution < -0.4 is 11.1 Å². The molecule has 0 aliphatic heterocycles. The number of amides is 1. The predicted octanol–water partition coefficient (Wildman–Crippen LogP) is 5.93. The second-order valence-electron chi connectivity index (χ2n) is 11.8. The van der Waals surface area contributed by atoms with E-state index in [1.54, 1.807) is 13.8 Å². The van der Waals surface area contributed by atoms with E-state index < -0.39 is 23.7 Å². The zero-order valence-electron chi connectivity index (χ0n) is 26.5. The average Bonchev–Trinajstić information content (AvgIpc) is 3.63. The van der Waals surface area contributed by atoms with E-state index in [4.69, 9.17) is 20.7 Å². The number of nitrogens with one attached hydrogen (secondary N) is 2. The highest BCUT2D eigenvalue weighted by molar-refractivity contribution is 5.86. The summed E-state index contributed by atoms with van der Waals surface area (Å²) >= 11 is 0. The third-order valence-corrected chi connectivity index (χ3v) is 7.65. The summed E-state index contributed by atoms with van der Waals surface area (Å²) in [6, 6.07) is 26.9. The molecule has 0 saturated carbocycles. The van der Waals surface area contributed by atoms with Gasteiger partial charge in [0, 0.05) is 29.9 Å². The molecule has 0 saturated heterocycles. The molecule has 0 radical (unpaired) electrons. The first-order valence-corrected chi connectivity index (χ1v) is 15.2. The minimum absolute atomic E-state index is 0.231. The second-order valence-corrected chi connectivity index (χ2v) is 11.8. The number of aliphatic carboxylic acids is 1. The van der Waals surface area contributed by atoms with E-state index in [-0.39, 0.29) is 5.91 Å². The number of nitrogens with two attached hydrogens (primary N) is 1. The zero-order valence-corrected chi connectivity index (χ0v) is 26.5. The lowest BCUT2D eigenvalue weighted by Gasteiger charge is -2.25. The van der Waals surface area contributed by atoms with Crippen molar-refractivity contribution in [2.24, 2.45) is 5.73 Å². The maximum atomic E-state index is 13.2. The van der Waals surface area contributed by atoms with Gasteiger partial charge in [0.25, 0.3) is 0 Å². The number of aryl methyl sites for hydroxylation is 3. The first-order valence-electron chi connectivity index (χ1n) is 15.2. The van der Waals surface area contributed by atoms with E-state index in [2.05, 4.69) is 87.6 Å². The van der Waals surface area contributed by atoms with Crippen LogP contribution in [-0.4, -0.2) is 48.4 Å². The molecule has 2 aromatic heterocycles. The third-order valence-electron chi connectivity index (χ3n) is 7.65. The number of halogens is 3. The number of hydrogen-bond acceptors (Lipinski definition) is 5. The van der Waals surface area contributed by atoms with Crippen LogP contribution in [0.15, 0.2) is 85.1 Å². The van der Waals surface area contributed by atoms with Crippen LogP contribution in [0.5, 0.6) is 0 Å². The number of rotatable bonds is 11. The predicted molar refractivity (Wildman–Crippen MR) is 174 cm³/mol. The molecule has 5 rings (SSSR count). The second kappa shape index (κ2) is 15.1. The fourth-order valence-electron chi connectivity index (χ4n) is 5.00. The summed E-state index contributed by atoms with van der Waals surface area (Å²) in [4.78, 5) is 25.4. The van der Waals surface area contributed by atoms with Crippen molar-refractivity contribution in [2.75, 3.05) is 0 Å². The van der Waals surface area contributed by atoms with E-state index in [9.17, 15) is 18.0 Å². The summed E-state index contributed by atoms with van der Waals surface area (Å²) in [6.45, 7) is 6.21. The lowest BCUT2D eigenvalue weighted by atomic mass is 10.0. The molecule has 1 amide bonds. The number of aromatic nitrogens is 4. The molecule has 0 aliphatic carbocycles. The number of carbonyl (C=O) groups excluding carboxylic acids is 1. The molecule has 0 aliphatic rings. The van der Waals surface area contributed by atoms with Crippen LogP contribution in [0.4, 0.5) is 13.2 Å². The highest BCUT2D eigenvalue weighted by Gasteiger charge is 2.38. The SMILES string of the molecule is CCc1ccc(Cn2c(CCc3ccccc3)nnc2[C@@H](Cc2c[nH]c3ccccc23)NC(=O)C(C)(C)N)cc1.O=C(O)C(F)(F)F. The Balaban J connectivity index is 0.000000644. The van der Waals surface area contributed by atoms with Crippen molar-refractivity contribution in [2.45, 2.75) is 70.8 Å². The molecule has 47 heavy (non-hydrogen) atoms. The van der Waals surface area contributed by atoms with Crippen molar-refractivity contribution < 1.29 is 27.9 Å². The Morgan fingerprint density at radius 2 is 1.53 bits per heavy atom. The number of benzene rings is 3. The minimum atomic E-state index is -5.08. The van der Waals surface area contributed by atoms with Gasteiger partial charge in [-0.15, -0.1) is 10.2 Å². The van der Waals surface area contributed by atoms with Crippen LogP contribution in [0.25, 0.3) is 10.9 Å². The number of carbonyl (C=O) groups is 2. The Labute approximate surface area is 271 Å². The van der Waals surface area contributed by atoms with Crippen LogP contribution in [0.2, 0.25) is 0 Å². The molecule has 9 nitrogen and oxygen atoms in total. The Morgan fingerprint density at radius 1 is 0.915 bits per heavy atom. The summed E-state index contributed by atoms with van der Waals surface area (Å²) in [6.07, 6.45) is 0.0622. The summed E-state index contributed by atoms with van der Waals surface area (Å²) < 4.78 is 33.9. The Hall–Kier alpha value is -4.97. The first kappa shape index (κ1) is 34.9. The van der Waals surface area contributed by atoms with Crippen LogP contribution in [-0.2, 0) is 41.8 Å². The van der Waals surface area contributed by atoms with Gasteiger partial charge in [0.15, 0.2) is 5.82 Å². The summed E-state index contributed by atoms with van der Waals surface area (Å²) in [5.74, 6) is -1.37. The van der Waals surface area contributed by atoms with Gasteiger partial charge >= 0.3 is 12.1 Å². The zero-order chi connectivity index (χ0) is 34.2. The molecule has 3 aromatic carbocycles. The van der Waals surface area contributed by atoms with Gasteiger partial charge in [0.05, 0.1) is 18.1 Å². The smallest absolute Gasteiger partial charge is 0.475 e. The Bertz CT molecular complexity index is 1770. The van der Waals surface area contributed by atoms with E-state index in [1.807, 2.05) is 24.4 Å². The fraction of sp³-hybridized carbons (Fsp3) is 0.314. The number of nitrogens with zero attached hydrogens (tertiary/aromatic N) is 3. The van der Waals surface area contributed by atoms with Crippen molar-refractivity contribution in [3.05, 3.63) is 119 Å². The number of H-pyrrole nitrogens is 1. The van der Waals surface area contributed by atoms with Crippen molar-refractivity contribution in [3.8, 4) is 0 Å². The van der Waals surface area contributed by atoms with E-state index in [1.165, 1.54) is 11.1 Å². The number of alkyl halides is 3. The topological polar surface area (TPSA) is 139 Å². The van der Waals surface area contributed by atoms with Gasteiger partial charge in [0.1, 0.15) is 5.82 Å². The van der Waals surface area contributed by atoms with Crippen molar-refractivity contribution >= 4 is 22.8 Å². The number of fused-ring (bicyclic) bond motifs is 1. The lowest BCUT2D eigenvalue weighted by Crippen LogP contribution is -2.50. The van der Waals surface area contributed by atoms with Gasteiger partial charge in [-0.05, 0) is 55.0 Å². The Morgan fingerprint density at radius 3 is 2.15 bits per heavy atom. The standard InChI is InChI=1S/C33H38N6O.C2HF3O2/c1-4-23-14-16-25(17-15-23)22-39-30(19-18-24-10-6-5-7-11-24)37-38-31(39)29(36-32(40)33(2,3)34)20-26-21-35-28-13-9-8-12-27(26)28;3-2(4,5)1(6)7/h5-17,21,29,35H,4,18-20,22,34H2,1-3H3,(H,36,40);(H,6,7)/t29-;/m1./s1. The van der Waals surface area contributed by atoms with Gasteiger partial charge in [-0.2, -0.15) is 13.2 Å². The summed E-state index contributed by atoms with van der Waals surface area (Å²) in [7, 11) is 0. The molecule has 1 atom stereocenters. The van der Waals surface area contributed by atoms with E-state index in [0.29, 0.717) is 13.0 Å². The third kappa shape index (κ3) is 9.52. The maximum absolute atomic E-state index is 13.2. The molecule has 5 N–H and O–H groups in total. The van der Waals surface area contributed by atoms with Crippen LogP contribution in [0.3, 0.4) is 0 Å². The number of carboxylic acids is 1. The van der Waals surface area contributed by atoms with Crippen LogP contribution in [0.1, 0.15) is 60.7 Å². The molecular weight excluding hydrogens is 609 g/mol. The molecule has 12 heteroatoms. The number of carboxylic acid groups (broad SMARTS) is 1. The Kier molecular flexibility index (Phi) is 11.2. The van der Waals surface area contributed by atoms with Crippen molar-refractivity contribution in [1.29, 1.82) is 0 Å². The molecule has 2 heterocycles. The van der Waals surface area contributed by atoms with Crippen LogP contribution >= 0.6 is 0 Å². The molecular formula is C35H39F3N6O3. The monoisotopic (exact) mass is 648 g/mol. The molecule has 248 valence electrons. The highest BCUT2D eigenvalue weighted by atomic mass is 19.4. The molecule has 0 fully saturated rings. The fourth-order valence-corrected chi connectivity index (χ4v) is 5.00. The van der Waals surface area contributed by atoms with Crippen LogP contribution in [0, 0.1) is 0 Å². The quantitative estimate of drug-likeness (QED) is 0.140. The van der Waals surface area contributed by atoms with Gasteiger partial charge < -0.3 is 25.7 Å². The lowest BCUT2D eigenvalue weighted by molar-refractivity contribution is -0.192. The van der Waals surface area contributed by atoms with Gasteiger partial charge in [-0.25, -0.2) is 4.79 Å². The number of para-hydroxylation sites is 1. The van der Waals surface area contributed by atoms with E-state index >= 15 is 0 Å². The van der Waals surface area contributed by atoms with Gasteiger partial charge in [0.2, 0.25) is 5.91 Å². The molecule has 0 bridgehead atoms. The van der Waals surface area contributed by atoms with Gasteiger partial charge in [-0.3, -0.25) is 4.79 Å². The van der Waals surface area contributed by atoms with Gasteiger partial charge in [-0.1, -0.05) is 79.7 Å². The van der Waals surface area contributed by atoms with Crippen molar-refractivity contribution in [3.63, 3.8) is 0 Å². The highest BCUT2D eigenvalue weighted by Crippen LogP contribution is 2.26. The maximum Gasteiger partial charge on any atom is 0.490 e. The van der Waals surface area contributed by atoms with Crippen molar-refractivity contribution in [1.82, 2.24) is 25.1 Å². The molecule has 0 unspecified atom stereocenters. The largest absolute Gasteiger partial charge is 0.490 e. The molecule has 5 aromatic rings. The minimum Gasteiger partial charge on any atom is -0.475 e. The summed E-state index contributed by atoms with van der Waals surface area (Å²) in [5, 5.41) is 20.8. The summed E-state index contributed by atoms with van der Waals surface area (Å²) in [5.41, 5.74) is 11.1. The normalized spacial score (nSPS) is 12.3. The molecule has 0 spiro atoms. The average molecular weight is 649 g/mol. The first-order chi connectivity index (χ1) is 22.3. The number of hydrogen-bond donors (Lipinski definition) is 4. The number of aromatic amines is 1.